The maximum atomic E-state index is 11.1. The van der Waals surface area contributed by atoms with Crippen LogP contribution in [0.3, 0.4) is 0 Å². The molecule has 0 atom stereocenters. The molecule has 0 fully saturated rings. The summed E-state index contributed by atoms with van der Waals surface area (Å²) < 4.78 is 0. The Kier molecular flexibility index (Phi) is 4.38. The molecule has 23 heavy (non-hydrogen) atoms. The summed E-state index contributed by atoms with van der Waals surface area (Å²) in [6.07, 6.45) is 1.65. The fourth-order valence-corrected chi connectivity index (χ4v) is 2.63. The van der Waals surface area contributed by atoms with Crippen LogP contribution < -0.4 is 5.56 Å². The van der Waals surface area contributed by atoms with Gasteiger partial charge in [0.05, 0.1) is 5.69 Å². The third kappa shape index (κ3) is 3.95. The van der Waals surface area contributed by atoms with E-state index in [0.29, 0.717) is 0 Å². The molecule has 0 aliphatic rings. The fraction of sp³-hybridized carbons (Fsp3) is 0.200. The number of H-pyrrole nitrogens is 1. The Morgan fingerprint density at radius 3 is 2.30 bits per heavy atom. The van der Waals surface area contributed by atoms with Crippen molar-refractivity contribution in [3.63, 3.8) is 0 Å². The Morgan fingerprint density at radius 2 is 1.61 bits per heavy atom. The number of nitrogens with one attached hydrogen (secondary N) is 1. The summed E-state index contributed by atoms with van der Waals surface area (Å²) in [4.78, 5) is 11.1. The molecular weight excluding hydrogens is 284 g/mol. The van der Waals surface area contributed by atoms with Crippen molar-refractivity contribution >= 4 is 0 Å². The minimum Gasteiger partial charge on any atom is -0.268 e. The highest BCUT2D eigenvalue weighted by molar-refractivity contribution is 5.37. The largest absolute Gasteiger partial charge is 0.268 e. The van der Waals surface area contributed by atoms with Gasteiger partial charge in [0.1, 0.15) is 0 Å². The zero-order valence-electron chi connectivity index (χ0n) is 13.5. The van der Waals surface area contributed by atoms with Gasteiger partial charge in [0.2, 0.25) is 0 Å². The highest BCUT2D eigenvalue weighted by Gasteiger charge is 2.04. The standard InChI is InChI=1S/C20H20N2O/c1-14-3-6-16(7-4-14)11-18-12-17(8-5-15(18)2)13-19-9-10-20(23)22-21-19/h3-10,12H,11,13H2,1-2H3,(H,22,23). The average molecular weight is 304 g/mol. The molecule has 3 aromatic rings. The lowest BCUT2D eigenvalue weighted by Crippen LogP contribution is -2.07. The minimum absolute atomic E-state index is 0.169. The zero-order chi connectivity index (χ0) is 16.2. The molecule has 0 radical (unpaired) electrons. The maximum absolute atomic E-state index is 11.1. The van der Waals surface area contributed by atoms with E-state index >= 15 is 0 Å². The van der Waals surface area contributed by atoms with Crippen molar-refractivity contribution in [1.82, 2.24) is 10.2 Å². The molecule has 0 bridgehead atoms. The summed E-state index contributed by atoms with van der Waals surface area (Å²) in [6.45, 7) is 4.25. The molecule has 1 aromatic heterocycles. The Bertz CT molecular complexity index is 843. The van der Waals surface area contributed by atoms with Crippen LogP contribution in [0.1, 0.15) is 33.5 Å². The molecule has 0 saturated carbocycles. The van der Waals surface area contributed by atoms with Crippen molar-refractivity contribution in [3.8, 4) is 0 Å². The van der Waals surface area contributed by atoms with Gasteiger partial charge in [-0.05, 0) is 48.6 Å². The fourth-order valence-electron chi connectivity index (χ4n) is 2.63. The number of aromatic nitrogens is 2. The lowest BCUT2D eigenvalue weighted by Gasteiger charge is -2.09. The van der Waals surface area contributed by atoms with Crippen LogP contribution >= 0.6 is 0 Å². The first-order valence-corrected chi connectivity index (χ1v) is 7.79. The van der Waals surface area contributed by atoms with Gasteiger partial charge in [-0.25, -0.2) is 5.10 Å². The van der Waals surface area contributed by atoms with E-state index in [4.69, 9.17) is 0 Å². The Morgan fingerprint density at radius 1 is 0.870 bits per heavy atom. The first kappa shape index (κ1) is 15.2. The smallest absolute Gasteiger partial charge is 0.264 e. The summed E-state index contributed by atoms with van der Waals surface area (Å²) in [5.74, 6) is 0. The van der Waals surface area contributed by atoms with Crippen LogP contribution in [-0.2, 0) is 12.8 Å². The van der Waals surface area contributed by atoms with E-state index in [1.807, 2.05) is 0 Å². The zero-order valence-corrected chi connectivity index (χ0v) is 13.5. The number of nitrogens with zero attached hydrogens (tertiary/aromatic N) is 1. The number of aryl methyl sites for hydroxylation is 2. The third-order valence-corrected chi connectivity index (χ3v) is 4.05. The van der Waals surface area contributed by atoms with E-state index in [9.17, 15) is 4.79 Å². The molecular formula is C20H20N2O. The van der Waals surface area contributed by atoms with Gasteiger partial charge >= 0.3 is 0 Å². The molecule has 1 N–H and O–H groups in total. The average Bonchev–Trinajstić information content (AvgIpc) is 2.55. The number of aromatic amines is 1. The quantitative estimate of drug-likeness (QED) is 0.801. The van der Waals surface area contributed by atoms with Gasteiger partial charge in [-0.1, -0.05) is 48.0 Å². The van der Waals surface area contributed by atoms with Gasteiger partial charge in [-0.3, -0.25) is 4.79 Å². The molecule has 3 nitrogen and oxygen atoms in total. The molecule has 0 amide bonds. The second-order valence-electron chi connectivity index (χ2n) is 6.01. The van der Waals surface area contributed by atoms with Gasteiger partial charge < -0.3 is 0 Å². The van der Waals surface area contributed by atoms with Crippen LogP contribution in [0.15, 0.2) is 59.4 Å². The van der Waals surface area contributed by atoms with Crippen LogP contribution in [0, 0.1) is 13.8 Å². The lowest BCUT2D eigenvalue weighted by molar-refractivity contribution is 0.909. The monoisotopic (exact) mass is 304 g/mol. The van der Waals surface area contributed by atoms with Crippen LogP contribution in [0.25, 0.3) is 0 Å². The van der Waals surface area contributed by atoms with Crippen molar-refractivity contribution in [3.05, 3.63) is 98.5 Å². The first-order valence-electron chi connectivity index (χ1n) is 7.79. The highest BCUT2D eigenvalue weighted by atomic mass is 16.1. The number of benzene rings is 2. The van der Waals surface area contributed by atoms with E-state index < -0.39 is 0 Å². The molecule has 1 heterocycles. The van der Waals surface area contributed by atoms with Crippen molar-refractivity contribution in [2.75, 3.05) is 0 Å². The Labute approximate surface area is 136 Å². The normalized spacial score (nSPS) is 10.7. The van der Waals surface area contributed by atoms with E-state index in [0.717, 1.165) is 18.5 Å². The number of rotatable bonds is 4. The van der Waals surface area contributed by atoms with Crippen molar-refractivity contribution < 1.29 is 0 Å². The van der Waals surface area contributed by atoms with E-state index in [-0.39, 0.29) is 5.56 Å². The summed E-state index contributed by atoms with van der Waals surface area (Å²) in [5, 5.41) is 6.57. The molecule has 116 valence electrons. The summed E-state index contributed by atoms with van der Waals surface area (Å²) in [6, 6.07) is 18.5. The predicted molar refractivity (Wildman–Crippen MR) is 92.8 cm³/mol. The van der Waals surface area contributed by atoms with Crippen molar-refractivity contribution in [1.29, 1.82) is 0 Å². The van der Waals surface area contributed by atoms with Crippen LogP contribution in [0.2, 0.25) is 0 Å². The van der Waals surface area contributed by atoms with Gasteiger partial charge in [0.25, 0.3) is 5.56 Å². The maximum Gasteiger partial charge on any atom is 0.264 e. The third-order valence-electron chi connectivity index (χ3n) is 4.05. The minimum atomic E-state index is -0.169. The van der Waals surface area contributed by atoms with Crippen LogP contribution in [0.5, 0.6) is 0 Å². The summed E-state index contributed by atoms with van der Waals surface area (Å²) in [7, 11) is 0. The molecule has 0 aliphatic carbocycles. The van der Waals surface area contributed by atoms with E-state index in [1.165, 1.54) is 33.9 Å². The molecule has 0 aliphatic heterocycles. The van der Waals surface area contributed by atoms with Gasteiger partial charge in [-0.2, -0.15) is 5.10 Å². The Hall–Kier alpha value is -2.68. The van der Waals surface area contributed by atoms with Gasteiger partial charge in [0, 0.05) is 12.5 Å². The van der Waals surface area contributed by atoms with Crippen LogP contribution in [0.4, 0.5) is 0 Å². The molecule has 2 aromatic carbocycles. The van der Waals surface area contributed by atoms with Gasteiger partial charge in [0.15, 0.2) is 0 Å². The molecule has 0 spiro atoms. The van der Waals surface area contributed by atoms with Crippen molar-refractivity contribution in [2.45, 2.75) is 26.7 Å². The molecule has 0 saturated heterocycles. The number of hydrogen-bond acceptors (Lipinski definition) is 2. The van der Waals surface area contributed by atoms with Crippen LogP contribution in [-0.4, -0.2) is 10.2 Å². The van der Waals surface area contributed by atoms with Crippen molar-refractivity contribution in [2.24, 2.45) is 0 Å². The highest BCUT2D eigenvalue weighted by Crippen LogP contribution is 2.18. The summed E-state index contributed by atoms with van der Waals surface area (Å²) >= 11 is 0. The second-order valence-corrected chi connectivity index (χ2v) is 6.01. The molecule has 3 rings (SSSR count). The lowest BCUT2D eigenvalue weighted by atomic mass is 9.96. The predicted octanol–water partition coefficient (Wildman–Crippen LogP) is 3.57. The summed E-state index contributed by atoms with van der Waals surface area (Å²) in [5.41, 5.74) is 7.13. The Balaban J connectivity index is 1.82. The van der Waals surface area contributed by atoms with Gasteiger partial charge in [-0.15, -0.1) is 0 Å². The van der Waals surface area contributed by atoms with E-state index in [1.54, 1.807) is 6.07 Å². The number of hydrogen-bond donors (Lipinski definition) is 1. The van der Waals surface area contributed by atoms with E-state index in [2.05, 4.69) is 66.5 Å². The molecule has 0 unspecified atom stereocenters. The SMILES string of the molecule is Cc1ccc(Cc2cc(Cc3ccc(=O)[nH]n3)ccc2C)cc1. The topological polar surface area (TPSA) is 45.8 Å². The first-order chi connectivity index (χ1) is 11.1. The second kappa shape index (κ2) is 6.61. The molecule has 3 heteroatoms.